The van der Waals surface area contributed by atoms with Gasteiger partial charge in [0.15, 0.2) is 0 Å². The lowest BCUT2D eigenvalue weighted by atomic mass is 10.0. The van der Waals surface area contributed by atoms with Crippen LogP contribution in [-0.2, 0) is 29.5 Å². The summed E-state index contributed by atoms with van der Waals surface area (Å²) in [6.45, 7) is 3.40. The number of ether oxygens (including phenoxy) is 2. The highest BCUT2D eigenvalue weighted by molar-refractivity contribution is 7.07. The van der Waals surface area contributed by atoms with Crippen LogP contribution < -0.4 is 0 Å². The minimum Gasteiger partial charge on any atom is -0.382 e. The number of thiophene rings is 1. The molecule has 3 rings (SSSR count). The van der Waals surface area contributed by atoms with Crippen molar-refractivity contribution in [1.82, 2.24) is 14.7 Å². The van der Waals surface area contributed by atoms with E-state index >= 15 is 0 Å². The summed E-state index contributed by atoms with van der Waals surface area (Å²) in [5.41, 5.74) is 2.67. The highest BCUT2D eigenvalue weighted by atomic mass is 32.1. The molecule has 0 unspecified atom stereocenters. The summed E-state index contributed by atoms with van der Waals surface area (Å²) in [5, 5.41) is 8.68. The van der Waals surface area contributed by atoms with Crippen LogP contribution in [0.1, 0.15) is 17.5 Å². The average molecular weight is 335 g/mol. The van der Waals surface area contributed by atoms with E-state index in [4.69, 9.17) is 9.47 Å². The predicted octanol–water partition coefficient (Wildman–Crippen LogP) is 2.33. The van der Waals surface area contributed by atoms with Crippen LogP contribution in [0.15, 0.2) is 29.2 Å². The lowest BCUT2D eigenvalue weighted by Gasteiger charge is -2.27. The van der Waals surface area contributed by atoms with Gasteiger partial charge in [-0.2, -0.15) is 16.4 Å². The third-order valence-corrected chi connectivity index (χ3v) is 5.12. The van der Waals surface area contributed by atoms with Crippen LogP contribution in [0.3, 0.4) is 0 Å². The van der Waals surface area contributed by atoms with Gasteiger partial charge in [0.05, 0.1) is 25.5 Å². The molecule has 6 heteroatoms. The van der Waals surface area contributed by atoms with E-state index < -0.39 is 0 Å². The summed E-state index contributed by atoms with van der Waals surface area (Å²) in [4.78, 5) is 2.55. The van der Waals surface area contributed by atoms with Crippen LogP contribution in [0.2, 0.25) is 0 Å². The molecule has 2 atom stereocenters. The zero-order valence-corrected chi connectivity index (χ0v) is 14.7. The van der Waals surface area contributed by atoms with Gasteiger partial charge >= 0.3 is 0 Å². The van der Waals surface area contributed by atoms with E-state index in [0.29, 0.717) is 19.3 Å². The SMILES string of the molecule is COCCO[C@@H]1CCN(Cc2ccsc2)[C@@H]1Cc1cnn(C)c1. The molecule has 3 heterocycles. The maximum Gasteiger partial charge on any atom is 0.0746 e. The third-order valence-electron chi connectivity index (χ3n) is 4.39. The summed E-state index contributed by atoms with van der Waals surface area (Å²) < 4.78 is 13.1. The van der Waals surface area contributed by atoms with Crippen molar-refractivity contribution in [3.8, 4) is 0 Å². The minimum atomic E-state index is 0.268. The second-order valence-corrected chi connectivity index (χ2v) is 6.87. The molecular weight excluding hydrogens is 310 g/mol. The lowest BCUT2D eigenvalue weighted by Crippen LogP contribution is -2.38. The summed E-state index contributed by atoms with van der Waals surface area (Å²) in [7, 11) is 3.68. The Kier molecular flexibility index (Phi) is 5.83. The number of rotatable bonds is 8. The summed E-state index contributed by atoms with van der Waals surface area (Å²) in [6.07, 6.45) is 6.40. The van der Waals surface area contributed by atoms with Crippen molar-refractivity contribution in [2.45, 2.75) is 31.5 Å². The number of nitrogens with zero attached hydrogens (tertiary/aromatic N) is 3. The van der Waals surface area contributed by atoms with Crippen LogP contribution >= 0.6 is 11.3 Å². The molecule has 1 saturated heterocycles. The fourth-order valence-corrected chi connectivity index (χ4v) is 3.92. The van der Waals surface area contributed by atoms with Gasteiger partial charge < -0.3 is 9.47 Å². The molecule has 5 nitrogen and oxygen atoms in total. The number of aryl methyl sites for hydroxylation is 1. The quantitative estimate of drug-likeness (QED) is 0.694. The molecule has 126 valence electrons. The molecule has 0 radical (unpaired) electrons. The van der Waals surface area contributed by atoms with Crippen LogP contribution in [-0.4, -0.2) is 53.7 Å². The van der Waals surface area contributed by atoms with Crippen molar-refractivity contribution in [3.63, 3.8) is 0 Å². The first kappa shape index (κ1) is 16.6. The van der Waals surface area contributed by atoms with Gasteiger partial charge in [-0.3, -0.25) is 9.58 Å². The molecule has 0 bridgehead atoms. The van der Waals surface area contributed by atoms with E-state index in [1.54, 1.807) is 18.4 Å². The maximum atomic E-state index is 6.09. The van der Waals surface area contributed by atoms with E-state index in [2.05, 4.69) is 33.0 Å². The average Bonchev–Trinajstić information content (AvgIpc) is 3.26. The minimum absolute atomic E-state index is 0.268. The normalized spacial score (nSPS) is 22.0. The number of aromatic nitrogens is 2. The summed E-state index contributed by atoms with van der Waals surface area (Å²) >= 11 is 1.76. The Morgan fingerprint density at radius 3 is 2.96 bits per heavy atom. The molecule has 1 fully saturated rings. The van der Waals surface area contributed by atoms with Gasteiger partial charge in [-0.1, -0.05) is 0 Å². The standard InChI is InChI=1S/C17H25N3O2S/c1-19-11-15(10-18-19)9-16-17(22-7-6-21-2)3-5-20(16)12-14-4-8-23-13-14/h4,8,10-11,13,16-17H,3,5-7,9,12H2,1-2H3/t16-,17-/m1/s1. The van der Waals surface area contributed by atoms with Crippen LogP contribution in [0, 0.1) is 0 Å². The van der Waals surface area contributed by atoms with E-state index in [1.807, 2.05) is 17.9 Å². The zero-order valence-electron chi connectivity index (χ0n) is 13.9. The van der Waals surface area contributed by atoms with Crippen LogP contribution in [0.5, 0.6) is 0 Å². The highest BCUT2D eigenvalue weighted by Gasteiger charge is 2.35. The van der Waals surface area contributed by atoms with Gasteiger partial charge in [-0.15, -0.1) is 0 Å². The molecule has 2 aromatic rings. The number of hydrogen-bond donors (Lipinski definition) is 0. The highest BCUT2D eigenvalue weighted by Crippen LogP contribution is 2.26. The van der Waals surface area contributed by atoms with E-state index in [0.717, 1.165) is 25.9 Å². The Hall–Kier alpha value is -1.21. The van der Waals surface area contributed by atoms with Crippen molar-refractivity contribution < 1.29 is 9.47 Å². The van der Waals surface area contributed by atoms with Crippen molar-refractivity contribution in [2.75, 3.05) is 26.9 Å². The van der Waals surface area contributed by atoms with Gasteiger partial charge in [0, 0.05) is 39.5 Å². The van der Waals surface area contributed by atoms with Crippen LogP contribution in [0.25, 0.3) is 0 Å². The monoisotopic (exact) mass is 335 g/mol. The third kappa shape index (κ3) is 4.41. The topological polar surface area (TPSA) is 39.5 Å². The largest absolute Gasteiger partial charge is 0.382 e. The molecule has 0 aliphatic carbocycles. The fourth-order valence-electron chi connectivity index (χ4n) is 3.26. The van der Waals surface area contributed by atoms with Crippen molar-refractivity contribution in [1.29, 1.82) is 0 Å². The van der Waals surface area contributed by atoms with Gasteiger partial charge in [0.25, 0.3) is 0 Å². The summed E-state index contributed by atoms with van der Waals surface area (Å²) in [5.74, 6) is 0. The van der Waals surface area contributed by atoms with E-state index in [-0.39, 0.29) is 6.10 Å². The Labute approximate surface area is 141 Å². The first-order valence-electron chi connectivity index (χ1n) is 8.09. The second kappa shape index (κ2) is 8.06. The van der Waals surface area contributed by atoms with Crippen molar-refractivity contribution in [2.24, 2.45) is 7.05 Å². The molecule has 23 heavy (non-hydrogen) atoms. The molecule has 0 aromatic carbocycles. The molecule has 0 amide bonds. The Bertz CT molecular complexity index is 584. The molecule has 0 spiro atoms. The summed E-state index contributed by atoms with van der Waals surface area (Å²) in [6, 6.07) is 2.61. The van der Waals surface area contributed by atoms with Crippen molar-refractivity contribution >= 4 is 11.3 Å². The second-order valence-electron chi connectivity index (χ2n) is 6.09. The first-order valence-corrected chi connectivity index (χ1v) is 9.03. The van der Waals surface area contributed by atoms with Crippen molar-refractivity contribution in [3.05, 3.63) is 40.3 Å². The smallest absolute Gasteiger partial charge is 0.0746 e. The fraction of sp³-hybridized carbons (Fsp3) is 0.588. The molecule has 1 aliphatic rings. The maximum absolute atomic E-state index is 6.09. The predicted molar refractivity (Wildman–Crippen MR) is 91.7 cm³/mol. The van der Waals surface area contributed by atoms with E-state index in [9.17, 15) is 0 Å². The van der Waals surface area contributed by atoms with Gasteiger partial charge in [0.1, 0.15) is 0 Å². The molecule has 1 aliphatic heterocycles. The Balaban J connectivity index is 1.67. The Morgan fingerprint density at radius 1 is 1.35 bits per heavy atom. The number of methoxy groups -OCH3 is 1. The van der Waals surface area contributed by atoms with Gasteiger partial charge in [-0.05, 0) is 40.8 Å². The molecular formula is C17H25N3O2S. The number of hydrogen-bond acceptors (Lipinski definition) is 5. The molecule has 0 saturated carbocycles. The lowest BCUT2D eigenvalue weighted by molar-refractivity contribution is -0.00129. The van der Waals surface area contributed by atoms with E-state index in [1.165, 1.54) is 11.1 Å². The molecule has 0 N–H and O–H groups in total. The van der Waals surface area contributed by atoms with Gasteiger partial charge in [0.2, 0.25) is 0 Å². The Morgan fingerprint density at radius 2 is 2.26 bits per heavy atom. The number of likely N-dealkylation sites (tertiary alicyclic amines) is 1. The van der Waals surface area contributed by atoms with Crippen LogP contribution in [0.4, 0.5) is 0 Å². The van der Waals surface area contributed by atoms with Gasteiger partial charge in [-0.25, -0.2) is 0 Å². The first-order chi connectivity index (χ1) is 11.3. The molecule has 2 aromatic heterocycles. The zero-order chi connectivity index (χ0) is 16.1.